The van der Waals surface area contributed by atoms with Crippen molar-refractivity contribution in [2.45, 2.75) is 76.9 Å². The Morgan fingerprint density at radius 3 is 2.52 bits per heavy atom. The molecule has 3 heteroatoms. The highest BCUT2D eigenvalue weighted by molar-refractivity contribution is 5.30. The summed E-state index contributed by atoms with van der Waals surface area (Å²) >= 11 is 0. The van der Waals surface area contributed by atoms with Crippen LogP contribution >= 0.6 is 0 Å². The van der Waals surface area contributed by atoms with Gasteiger partial charge in [0.2, 0.25) is 0 Å². The molecule has 0 bridgehead atoms. The van der Waals surface area contributed by atoms with E-state index in [1.807, 2.05) is 0 Å². The third-order valence-corrected chi connectivity index (χ3v) is 6.50. The van der Waals surface area contributed by atoms with Gasteiger partial charge in [-0.3, -0.25) is 9.80 Å². The standard InChI is InChI=1S/C22H37N3/c1-18(2)25(19(3)4)15-13-22(20-10-6-5-7-11-20)16-23-17-24-14-9-8-12-21(22)24/h5-7,10-11,18-19,21,23H,8-9,12-17H2,1-4H3. The first-order valence-electron chi connectivity index (χ1n) is 10.3. The fourth-order valence-corrected chi connectivity index (χ4v) is 5.25. The first kappa shape index (κ1) is 18.9. The van der Waals surface area contributed by atoms with E-state index in [0.29, 0.717) is 18.1 Å². The molecule has 1 N–H and O–H groups in total. The molecule has 2 unspecified atom stereocenters. The number of nitrogens with zero attached hydrogens (tertiary/aromatic N) is 2. The maximum atomic E-state index is 3.76. The summed E-state index contributed by atoms with van der Waals surface area (Å²) in [6, 6.07) is 13.2. The zero-order chi connectivity index (χ0) is 17.9. The van der Waals surface area contributed by atoms with Crippen molar-refractivity contribution in [3.8, 4) is 0 Å². The molecule has 0 spiro atoms. The maximum absolute atomic E-state index is 3.76. The summed E-state index contributed by atoms with van der Waals surface area (Å²) in [6.07, 6.45) is 5.32. The SMILES string of the molecule is CC(C)N(CCC1(c2ccccc2)CNCN2CCCCC21)C(C)C. The smallest absolute Gasteiger partial charge is 0.0483 e. The van der Waals surface area contributed by atoms with E-state index in [1.165, 1.54) is 44.3 Å². The highest BCUT2D eigenvalue weighted by Crippen LogP contribution is 2.40. The highest BCUT2D eigenvalue weighted by Gasteiger charge is 2.46. The zero-order valence-electron chi connectivity index (χ0n) is 16.7. The van der Waals surface area contributed by atoms with Crippen LogP contribution in [0, 0.1) is 0 Å². The molecular weight excluding hydrogens is 306 g/mol. The molecular formula is C22H37N3. The van der Waals surface area contributed by atoms with Crippen molar-refractivity contribution in [3.05, 3.63) is 35.9 Å². The number of piperidine rings is 1. The van der Waals surface area contributed by atoms with Crippen molar-refractivity contribution in [2.75, 3.05) is 26.3 Å². The molecule has 0 radical (unpaired) electrons. The Balaban J connectivity index is 1.90. The van der Waals surface area contributed by atoms with Crippen LogP contribution in [0.4, 0.5) is 0 Å². The Labute approximate surface area is 154 Å². The molecule has 0 saturated carbocycles. The number of fused-ring (bicyclic) bond motifs is 1. The van der Waals surface area contributed by atoms with Gasteiger partial charge in [-0.05, 0) is 65.6 Å². The van der Waals surface area contributed by atoms with Gasteiger partial charge in [0.1, 0.15) is 0 Å². The summed E-state index contributed by atoms with van der Waals surface area (Å²) in [6.45, 7) is 13.9. The number of benzene rings is 1. The van der Waals surface area contributed by atoms with Crippen molar-refractivity contribution in [1.29, 1.82) is 0 Å². The molecule has 2 aliphatic heterocycles. The van der Waals surface area contributed by atoms with E-state index in [2.05, 4.69) is 73.1 Å². The monoisotopic (exact) mass is 343 g/mol. The van der Waals surface area contributed by atoms with Gasteiger partial charge in [0.25, 0.3) is 0 Å². The first-order chi connectivity index (χ1) is 12.0. The van der Waals surface area contributed by atoms with Gasteiger partial charge in [-0.25, -0.2) is 0 Å². The van der Waals surface area contributed by atoms with Crippen LogP contribution in [-0.4, -0.2) is 54.2 Å². The second kappa shape index (κ2) is 8.20. The Bertz CT molecular complexity index is 517. The highest BCUT2D eigenvalue weighted by atomic mass is 15.3. The van der Waals surface area contributed by atoms with Gasteiger partial charge in [0.05, 0.1) is 0 Å². The number of rotatable bonds is 6. The molecule has 0 aliphatic carbocycles. The summed E-state index contributed by atoms with van der Waals surface area (Å²) in [4.78, 5) is 5.38. The normalized spacial score (nSPS) is 27.9. The van der Waals surface area contributed by atoms with Gasteiger partial charge >= 0.3 is 0 Å². The predicted octanol–water partition coefficient (Wildman–Crippen LogP) is 3.85. The summed E-state index contributed by atoms with van der Waals surface area (Å²) in [5.74, 6) is 0. The zero-order valence-corrected chi connectivity index (χ0v) is 16.7. The fourth-order valence-electron chi connectivity index (χ4n) is 5.25. The van der Waals surface area contributed by atoms with E-state index < -0.39 is 0 Å². The molecule has 2 aliphatic rings. The van der Waals surface area contributed by atoms with Gasteiger partial charge in [-0.1, -0.05) is 36.8 Å². The first-order valence-corrected chi connectivity index (χ1v) is 10.3. The van der Waals surface area contributed by atoms with E-state index >= 15 is 0 Å². The average molecular weight is 344 g/mol. The van der Waals surface area contributed by atoms with Gasteiger partial charge in [0, 0.05) is 36.8 Å². The van der Waals surface area contributed by atoms with Gasteiger partial charge in [0.15, 0.2) is 0 Å². The van der Waals surface area contributed by atoms with Crippen molar-refractivity contribution in [2.24, 2.45) is 0 Å². The van der Waals surface area contributed by atoms with E-state index in [-0.39, 0.29) is 5.41 Å². The molecule has 140 valence electrons. The molecule has 1 aromatic rings. The van der Waals surface area contributed by atoms with E-state index in [0.717, 1.165) is 13.2 Å². The van der Waals surface area contributed by atoms with Crippen LogP contribution in [0.5, 0.6) is 0 Å². The molecule has 2 fully saturated rings. The topological polar surface area (TPSA) is 18.5 Å². The molecule has 0 amide bonds. The summed E-state index contributed by atoms with van der Waals surface area (Å²) in [5.41, 5.74) is 1.77. The molecule has 25 heavy (non-hydrogen) atoms. The number of hydrogen-bond acceptors (Lipinski definition) is 3. The summed E-state index contributed by atoms with van der Waals surface area (Å²) < 4.78 is 0. The van der Waals surface area contributed by atoms with E-state index in [9.17, 15) is 0 Å². The molecule has 1 aromatic carbocycles. The van der Waals surface area contributed by atoms with Crippen LogP contribution in [0.15, 0.2) is 30.3 Å². The second-order valence-corrected chi connectivity index (χ2v) is 8.61. The number of hydrogen-bond donors (Lipinski definition) is 1. The van der Waals surface area contributed by atoms with Gasteiger partial charge < -0.3 is 5.32 Å². The minimum Gasteiger partial charge on any atom is -0.303 e. The van der Waals surface area contributed by atoms with Crippen LogP contribution < -0.4 is 5.32 Å². The van der Waals surface area contributed by atoms with Crippen molar-refractivity contribution in [3.63, 3.8) is 0 Å². The Morgan fingerprint density at radius 2 is 1.84 bits per heavy atom. The van der Waals surface area contributed by atoms with Gasteiger partial charge in [-0.2, -0.15) is 0 Å². The van der Waals surface area contributed by atoms with E-state index in [1.54, 1.807) is 0 Å². The fraction of sp³-hybridized carbons (Fsp3) is 0.727. The van der Waals surface area contributed by atoms with Crippen molar-refractivity contribution in [1.82, 2.24) is 15.1 Å². The van der Waals surface area contributed by atoms with Crippen LogP contribution in [0.3, 0.4) is 0 Å². The Hall–Kier alpha value is -0.900. The van der Waals surface area contributed by atoms with Crippen molar-refractivity contribution >= 4 is 0 Å². The third kappa shape index (κ3) is 3.94. The Kier molecular flexibility index (Phi) is 6.19. The van der Waals surface area contributed by atoms with E-state index in [4.69, 9.17) is 0 Å². The second-order valence-electron chi connectivity index (χ2n) is 8.61. The molecule has 3 rings (SSSR count). The largest absolute Gasteiger partial charge is 0.303 e. The maximum Gasteiger partial charge on any atom is 0.0483 e. The van der Waals surface area contributed by atoms with Crippen LogP contribution in [-0.2, 0) is 5.41 Å². The van der Waals surface area contributed by atoms with Crippen LogP contribution in [0.25, 0.3) is 0 Å². The lowest BCUT2D eigenvalue weighted by atomic mass is 9.67. The van der Waals surface area contributed by atoms with Crippen LogP contribution in [0.1, 0.15) is 58.9 Å². The van der Waals surface area contributed by atoms with Crippen LogP contribution in [0.2, 0.25) is 0 Å². The lowest BCUT2D eigenvalue weighted by Gasteiger charge is -2.53. The quantitative estimate of drug-likeness (QED) is 0.846. The minimum atomic E-state index is 0.238. The molecule has 3 nitrogen and oxygen atoms in total. The molecule has 2 atom stereocenters. The lowest BCUT2D eigenvalue weighted by molar-refractivity contribution is 0.0197. The average Bonchev–Trinajstić information content (AvgIpc) is 2.62. The third-order valence-electron chi connectivity index (χ3n) is 6.50. The number of nitrogens with one attached hydrogen (secondary N) is 1. The summed E-state index contributed by atoms with van der Waals surface area (Å²) in [7, 11) is 0. The molecule has 2 heterocycles. The predicted molar refractivity (Wildman–Crippen MR) is 107 cm³/mol. The lowest BCUT2D eigenvalue weighted by Crippen LogP contribution is -2.64. The Morgan fingerprint density at radius 1 is 1.12 bits per heavy atom. The summed E-state index contributed by atoms with van der Waals surface area (Å²) in [5, 5.41) is 3.76. The van der Waals surface area contributed by atoms with Crippen molar-refractivity contribution < 1.29 is 0 Å². The minimum absolute atomic E-state index is 0.238. The molecule has 0 aromatic heterocycles. The van der Waals surface area contributed by atoms with Gasteiger partial charge in [-0.15, -0.1) is 0 Å². The molecule has 2 saturated heterocycles.